The molecule has 1 aromatic carbocycles. The summed E-state index contributed by atoms with van der Waals surface area (Å²) in [7, 11) is 0. The van der Waals surface area contributed by atoms with Gasteiger partial charge in [0.1, 0.15) is 40.6 Å². The first kappa shape index (κ1) is 47.7. The maximum absolute atomic E-state index is 13.6. The van der Waals surface area contributed by atoms with E-state index in [1.807, 2.05) is 30.3 Å². The molecule has 3 rings (SSSR count). The van der Waals surface area contributed by atoms with Crippen molar-refractivity contribution < 1.29 is 43.0 Å². The molecule has 6 N–H and O–H groups in total. The Bertz CT molecular complexity index is 1920. The first-order chi connectivity index (χ1) is 27.5. The molecule has 0 aliphatic rings. The lowest BCUT2D eigenvalue weighted by Crippen LogP contribution is -2.53. The zero-order chi connectivity index (χ0) is 44.0. The number of amides is 4. The minimum atomic E-state index is -1.23. The number of esters is 3. The van der Waals surface area contributed by atoms with Gasteiger partial charge in [-0.25, -0.2) is 14.4 Å². The number of fused-ring (bicyclic) bond motifs is 1. The molecule has 16 nitrogen and oxygen atoms in total. The van der Waals surface area contributed by atoms with E-state index in [2.05, 4.69) is 31.2 Å². The molecule has 2 heterocycles. The molecule has 0 saturated heterocycles. The average molecular weight is 820 g/mol. The van der Waals surface area contributed by atoms with E-state index in [-0.39, 0.29) is 44.5 Å². The number of para-hydroxylation sites is 1. The summed E-state index contributed by atoms with van der Waals surface area (Å²) >= 11 is 0. The van der Waals surface area contributed by atoms with Gasteiger partial charge in [-0.1, -0.05) is 24.3 Å². The van der Waals surface area contributed by atoms with E-state index in [0.717, 1.165) is 22.0 Å². The number of nitrogens with two attached hydrogens (primary N) is 1. The van der Waals surface area contributed by atoms with Crippen LogP contribution in [0.15, 0.2) is 54.9 Å². The van der Waals surface area contributed by atoms with E-state index in [0.29, 0.717) is 12.8 Å². The highest BCUT2D eigenvalue weighted by molar-refractivity contribution is 5.96. The molecule has 0 radical (unpaired) electrons. The highest BCUT2D eigenvalue weighted by atomic mass is 16.6. The third kappa shape index (κ3) is 17.8. The third-order valence-corrected chi connectivity index (χ3v) is 8.27. The van der Waals surface area contributed by atoms with E-state index in [9.17, 15) is 28.8 Å². The van der Waals surface area contributed by atoms with Crippen LogP contribution in [0.3, 0.4) is 0 Å². The molecule has 16 heteroatoms. The maximum Gasteiger partial charge on any atom is 0.329 e. The van der Waals surface area contributed by atoms with Crippen LogP contribution in [0.25, 0.3) is 10.9 Å². The summed E-state index contributed by atoms with van der Waals surface area (Å²) in [5.41, 5.74) is 5.60. The summed E-state index contributed by atoms with van der Waals surface area (Å²) in [4.78, 5) is 87.6. The molecular weight excluding hydrogens is 759 g/mol. The van der Waals surface area contributed by atoms with Gasteiger partial charge in [0.05, 0.1) is 5.52 Å². The molecule has 3 atom stereocenters. The van der Waals surface area contributed by atoms with Crippen LogP contribution < -0.4 is 27.0 Å². The number of urea groups is 1. The fourth-order valence-corrected chi connectivity index (χ4v) is 5.65. The van der Waals surface area contributed by atoms with Gasteiger partial charge in [0.2, 0.25) is 5.91 Å². The molecule has 0 unspecified atom stereocenters. The Balaban J connectivity index is 1.68. The van der Waals surface area contributed by atoms with Crippen LogP contribution in [0.1, 0.15) is 116 Å². The van der Waals surface area contributed by atoms with Gasteiger partial charge in [-0.15, -0.1) is 0 Å². The Morgan fingerprint density at radius 2 is 1.27 bits per heavy atom. The Labute approximate surface area is 346 Å². The summed E-state index contributed by atoms with van der Waals surface area (Å²) in [5.74, 6) is -2.98. The predicted molar refractivity (Wildman–Crippen MR) is 222 cm³/mol. The molecule has 2 aromatic heterocycles. The second-order valence-corrected chi connectivity index (χ2v) is 17.2. The Morgan fingerprint density at radius 1 is 0.678 bits per heavy atom. The predicted octanol–water partition coefficient (Wildman–Crippen LogP) is 4.56. The number of hydrogen-bond donors (Lipinski definition) is 5. The number of carbonyl (C=O) groups excluding carboxylic acids is 6. The number of carbonyl (C=O) groups is 6. The van der Waals surface area contributed by atoms with Crippen molar-refractivity contribution in [3.63, 3.8) is 0 Å². The summed E-state index contributed by atoms with van der Waals surface area (Å²) < 4.78 is 16.4. The van der Waals surface area contributed by atoms with Crippen LogP contribution in [0.5, 0.6) is 0 Å². The fraction of sp³-hybridized carbons (Fsp3) is 0.535. The Kier molecular flexibility index (Phi) is 17.3. The van der Waals surface area contributed by atoms with Crippen molar-refractivity contribution in [1.29, 1.82) is 0 Å². The molecule has 0 fully saturated rings. The quantitative estimate of drug-likeness (QED) is 0.0676. The normalized spacial score (nSPS) is 13.3. The molecule has 0 spiro atoms. The molecular formula is C43H61N7O9. The number of unbranched alkanes of at least 4 members (excludes halogenated alkanes) is 1. The summed E-state index contributed by atoms with van der Waals surface area (Å²) in [5, 5.41) is 11.7. The summed E-state index contributed by atoms with van der Waals surface area (Å²) in [6.45, 7) is 15.7. The number of nitrogens with one attached hydrogen (secondary N) is 4. The molecule has 4 amide bonds. The number of pyridine rings is 2. The zero-order valence-corrected chi connectivity index (χ0v) is 35.7. The van der Waals surface area contributed by atoms with E-state index < -0.39 is 70.7 Å². The van der Waals surface area contributed by atoms with Crippen molar-refractivity contribution in [1.82, 2.24) is 31.2 Å². The van der Waals surface area contributed by atoms with Gasteiger partial charge in [-0.05, 0) is 117 Å². The Hall–Kier alpha value is -5.64. The lowest BCUT2D eigenvalue weighted by molar-refractivity contribution is -0.159. The standard InChI is InChI=1S/C43H61N7O9/c1-41(2,3)57-35(51)20-19-33(39(55)59-43(7,8)9)50-40(56)49-32(38(54)58-42(4,5)6)16-12-13-21-45-36(52)34(48-37(53)31-18-17-27(24-44)25-47-31)23-28-22-29-14-10-11-15-30(29)46-26-28/h10-11,14-15,17-18,22,25-26,32-34H,12-13,16,19-21,23-24,44H2,1-9H3,(H,45,52)(H,48,53)(H2,49,50,56)/t32-,33-,34+/m0/s1. The van der Waals surface area contributed by atoms with Crippen molar-refractivity contribution in [2.75, 3.05) is 6.54 Å². The number of ether oxygens (including phenoxy) is 3. The van der Waals surface area contributed by atoms with Gasteiger partial charge in [0.15, 0.2) is 0 Å². The number of hydrogen-bond acceptors (Lipinski definition) is 12. The third-order valence-electron chi connectivity index (χ3n) is 8.27. The van der Waals surface area contributed by atoms with E-state index in [1.54, 1.807) is 80.6 Å². The molecule has 3 aromatic rings. The average Bonchev–Trinajstić information content (AvgIpc) is 3.13. The van der Waals surface area contributed by atoms with Crippen LogP contribution in [0.4, 0.5) is 4.79 Å². The smallest absolute Gasteiger partial charge is 0.329 e. The Morgan fingerprint density at radius 3 is 1.85 bits per heavy atom. The molecule has 0 aliphatic heterocycles. The highest BCUT2D eigenvalue weighted by Gasteiger charge is 2.31. The van der Waals surface area contributed by atoms with Gasteiger partial charge in [0.25, 0.3) is 5.91 Å². The minimum Gasteiger partial charge on any atom is -0.460 e. The molecule has 0 saturated carbocycles. The van der Waals surface area contributed by atoms with Gasteiger partial charge >= 0.3 is 23.9 Å². The van der Waals surface area contributed by atoms with E-state index >= 15 is 0 Å². The SMILES string of the molecule is CC(C)(C)OC(=O)CC[C@H](NC(=O)N[C@@H](CCCCNC(=O)[C@@H](Cc1cnc2ccccc2c1)NC(=O)c1ccc(CN)cn1)C(=O)OC(C)(C)C)C(=O)OC(C)(C)C. The van der Waals surface area contributed by atoms with Crippen LogP contribution in [0, 0.1) is 0 Å². The van der Waals surface area contributed by atoms with Gasteiger partial charge < -0.3 is 41.2 Å². The van der Waals surface area contributed by atoms with E-state index in [4.69, 9.17) is 19.9 Å². The molecule has 59 heavy (non-hydrogen) atoms. The number of benzene rings is 1. The molecule has 0 aliphatic carbocycles. The topological polar surface area (TPSA) is 230 Å². The van der Waals surface area contributed by atoms with Crippen LogP contribution in [-0.4, -0.2) is 87.2 Å². The molecule has 322 valence electrons. The first-order valence-electron chi connectivity index (χ1n) is 19.8. The second-order valence-electron chi connectivity index (χ2n) is 17.2. The number of nitrogens with zero attached hydrogens (tertiary/aromatic N) is 2. The number of rotatable bonds is 18. The summed E-state index contributed by atoms with van der Waals surface area (Å²) in [6.07, 6.45) is 3.92. The fourth-order valence-electron chi connectivity index (χ4n) is 5.65. The monoisotopic (exact) mass is 819 g/mol. The van der Waals surface area contributed by atoms with Gasteiger partial charge in [0, 0.05) is 43.7 Å². The minimum absolute atomic E-state index is 0.107. The lowest BCUT2D eigenvalue weighted by Gasteiger charge is -2.27. The van der Waals surface area contributed by atoms with Crippen LogP contribution in [-0.2, 0) is 46.4 Å². The highest BCUT2D eigenvalue weighted by Crippen LogP contribution is 2.17. The van der Waals surface area contributed by atoms with Crippen molar-refractivity contribution in [3.8, 4) is 0 Å². The summed E-state index contributed by atoms with van der Waals surface area (Å²) in [6, 6.07) is 8.55. The largest absolute Gasteiger partial charge is 0.460 e. The van der Waals surface area contributed by atoms with Gasteiger partial charge in [-0.3, -0.25) is 24.4 Å². The van der Waals surface area contributed by atoms with Crippen LogP contribution >= 0.6 is 0 Å². The van der Waals surface area contributed by atoms with Crippen molar-refractivity contribution in [2.24, 2.45) is 5.73 Å². The van der Waals surface area contributed by atoms with E-state index in [1.165, 1.54) is 6.20 Å². The van der Waals surface area contributed by atoms with Crippen molar-refractivity contribution >= 4 is 46.7 Å². The first-order valence-corrected chi connectivity index (χ1v) is 19.8. The maximum atomic E-state index is 13.6. The number of aromatic nitrogens is 2. The van der Waals surface area contributed by atoms with Crippen LogP contribution in [0.2, 0.25) is 0 Å². The van der Waals surface area contributed by atoms with Gasteiger partial charge in [-0.2, -0.15) is 0 Å². The lowest BCUT2D eigenvalue weighted by atomic mass is 10.0. The zero-order valence-electron chi connectivity index (χ0n) is 35.7. The molecule has 0 bridgehead atoms. The van der Waals surface area contributed by atoms with Crippen molar-refractivity contribution in [2.45, 2.75) is 142 Å². The van der Waals surface area contributed by atoms with Crippen molar-refractivity contribution in [3.05, 3.63) is 71.7 Å². The second kappa shape index (κ2) is 21.4.